The number of carbonyl (C=O) groups is 1. The van der Waals surface area contributed by atoms with Gasteiger partial charge in [0.05, 0.1) is 5.56 Å². The van der Waals surface area contributed by atoms with Crippen molar-refractivity contribution in [2.45, 2.75) is 0 Å². The number of pyridine rings is 1. The molecular formula is C8H9NO4. The molecule has 70 valence electrons. The highest BCUT2D eigenvalue weighted by molar-refractivity contribution is 5.87. The van der Waals surface area contributed by atoms with Crippen molar-refractivity contribution in [2.24, 2.45) is 0 Å². The number of hydrogen-bond acceptors (Lipinski definition) is 4. The summed E-state index contributed by atoms with van der Waals surface area (Å²) in [7, 11) is 1.49. The average Bonchev–Trinajstić information content (AvgIpc) is 2.15. The molecule has 0 amide bonds. The van der Waals surface area contributed by atoms with Gasteiger partial charge in [0.25, 0.3) is 0 Å². The quantitative estimate of drug-likeness (QED) is 0.698. The predicted octanol–water partition coefficient (Wildman–Crippen LogP) is 0.762. The normalized spacial score (nSPS) is 9.62. The van der Waals surface area contributed by atoms with Crippen molar-refractivity contribution < 1.29 is 19.4 Å². The Balaban J connectivity index is 2.64. The Labute approximate surface area is 74.9 Å². The molecule has 1 N–H and O–H groups in total. The van der Waals surface area contributed by atoms with Crippen molar-refractivity contribution in [3.63, 3.8) is 0 Å². The van der Waals surface area contributed by atoms with Gasteiger partial charge in [-0.1, -0.05) is 0 Å². The lowest BCUT2D eigenvalue weighted by molar-refractivity contribution is 0.0478. The summed E-state index contributed by atoms with van der Waals surface area (Å²) in [4.78, 5) is 14.2. The molecule has 5 nitrogen and oxygen atoms in total. The van der Waals surface area contributed by atoms with Crippen LogP contribution >= 0.6 is 0 Å². The molecule has 0 saturated heterocycles. The molecule has 0 aliphatic rings. The van der Waals surface area contributed by atoms with Gasteiger partial charge in [-0.3, -0.25) is 0 Å². The second-order valence-corrected chi connectivity index (χ2v) is 2.24. The molecule has 1 rings (SSSR count). The van der Waals surface area contributed by atoms with Crippen LogP contribution in [-0.4, -0.2) is 30.0 Å². The molecule has 0 radical (unpaired) electrons. The van der Waals surface area contributed by atoms with Gasteiger partial charge in [-0.2, -0.15) is 0 Å². The molecule has 0 aromatic carbocycles. The first-order valence-electron chi connectivity index (χ1n) is 3.55. The summed E-state index contributed by atoms with van der Waals surface area (Å²) in [6, 6.07) is 2.89. The Morgan fingerprint density at radius 2 is 2.38 bits per heavy atom. The van der Waals surface area contributed by atoms with Gasteiger partial charge in [0.1, 0.15) is 0 Å². The van der Waals surface area contributed by atoms with Gasteiger partial charge in [-0.25, -0.2) is 9.78 Å². The van der Waals surface area contributed by atoms with Crippen LogP contribution in [0.1, 0.15) is 10.4 Å². The fourth-order valence-electron chi connectivity index (χ4n) is 0.711. The van der Waals surface area contributed by atoms with Crippen molar-refractivity contribution in [3.8, 4) is 5.88 Å². The van der Waals surface area contributed by atoms with Gasteiger partial charge < -0.3 is 14.6 Å². The molecule has 0 aliphatic heterocycles. The minimum Gasteiger partial charge on any atom is -0.478 e. The van der Waals surface area contributed by atoms with Crippen molar-refractivity contribution >= 4 is 5.97 Å². The molecule has 13 heavy (non-hydrogen) atoms. The van der Waals surface area contributed by atoms with Gasteiger partial charge in [0.2, 0.25) is 5.88 Å². The molecule has 1 aromatic heterocycles. The number of aromatic nitrogens is 1. The highest BCUT2D eigenvalue weighted by atomic mass is 16.7. The van der Waals surface area contributed by atoms with E-state index in [1.54, 1.807) is 0 Å². The highest BCUT2D eigenvalue weighted by Crippen LogP contribution is 2.06. The Bertz CT molecular complexity index is 283. The number of carboxylic acids is 1. The zero-order valence-corrected chi connectivity index (χ0v) is 7.06. The Morgan fingerprint density at radius 3 is 2.85 bits per heavy atom. The molecule has 0 spiro atoms. The van der Waals surface area contributed by atoms with E-state index in [-0.39, 0.29) is 12.4 Å². The van der Waals surface area contributed by atoms with E-state index in [4.69, 9.17) is 9.84 Å². The molecule has 0 atom stereocenters. The smallest absolute Gasteiger partial charge is 0.337 e. The first kappa shape index (κ1) is 9.47. The van der Waals surface area contributed by atoms with Crippen LogP contribution in [0.25, 0.3) is 0 Å². The van der Waals surface area contributed by atoms with E-state index >= 15 is 0 Å². The van der Waals surface area contributed by atoms with Crippen molar-refractivity contribution in [1.82, 2.24) is 4.98 Å². The third kappa shape index (κ3) is 2.72. The lowest BCUT2D eigenvalue weighted by Gasteiger charge is -2.02. The minimum absolute atomic E-state index is 0.0966. The largest absolute Gasteiger partial charge is 0.478 e. The number of aromatic carboxylic acids is 1. The lowest BCUT2D eigenvalue weighted by atomic mass is 10.3. The maximum absolute atomic E-state index is 10.4. The molecule has 0 aliphatic carbocycles. The minimum atomic E-state index is -1.01. The van der Waals surface area contributed by atoms with Gasteiger partial charge >= 0.3 is 5.97 Å². The van der Waals surface area contributed by atoms with E-state index < -0.39 is 5.97 Å². The monoisotopic (exact) mass is 183 g/mol. The molecule has 1 aromatic rings. The van der Waals surface area contributed by atoms with Crippen LogP contribution in [0.2, 0.25) is 0 Å². The van der Waals surface area contributed by atoms with Crippen LogP contribution < -0.4 is 4.74 Å². The Morgan fingerprint density at radius 1 is 1.62 bits per heavy atom. The second-order valence-electron chi connectivity index (χ2n) is 2.24. The second kappa shape index (κ2) is 4.42. The number of carboxylic acid groups (broad SMARTS) is 1. The summed E-state index contributed by atoms with van der Waals surface area (Å²) in [5.74, 6) is -0.669. The number of rotatable bonds is 4. The highest BCUT2D eigenvalue weighted by Gasteiger charge is 2.02. The molecule has 0 fully saturated rings. The lowest BCUT2D eigenvalue weighted by Crippen LogP contribution is -2.02. The van der Waals surface area contributed by atoms with Crippen molar-refractivity contribution in [2.75, 3.05) is 13.9 Å². The number of ether oxygens (including phenoxy) is 2. The van der Waals surface area contributed by atoms with Crippen molar-refractivity contribution in [3.05, 3.63) is 23.9 Å². The summed E-state index contributed by atoms with van der Waals surface area (Å²) < 4.78 is 9.61. The molecule has 5 heteroatoms. The maximum Gasteiger partial charge on any atom is 0.337 e. The van der Waals surface area contributed by atoms with E-state index in [0.29, 0.717) is 5.88 Å². The number of methoxy groups -OCH3 is 1. The summed E-state index contributed by atoms with van der Waals surface area (Å²) in [6.45, 7) is 0.0966. The van der Waals surface area contributed by atoms with E-state index in [9.17, 15) is 4.79 Å². The van der Waals surface area contributed by atoms with Gasteiger partial charge in [-0.15, -0.1) is 0 Å². The van der Waals surface area contributed by atoms with Crippen LogP contribution in [0.3, 0.4) is 0 Å². The van der Waals surface area contributed by atoms with Gasteiger partial charge in [0, 0.05) is 19.4 Å². The van der Waals surface area contributed by atoms with E-state index in [2.05, 4.69) is 9.72 Å². The zero-order chi connectivity index (χ0) is 9.68. The van der Waals surface area contributed by atoms with E-state index in [1.165, 1.54) is 25.4 Å². The standard InChI is InChI=1S/C8H9NO4/c1-12-5-13-7-3-2-6(4-9-7)8(10)11/h2-4H,5H2,1H3,(H,10,11). The van der Waals surface area contributed by atoms with Crippen molar-refractivity contribution in [1.29, 1.82) is 0 Å². The summed E-state index contributed by atoms with van der Waals surface area (Å²) in [5.41, 5.74) is 0.129. The topological polar surface area (TPSA) is 68.7 Å². The Kier molecular flexibility index (Phi) is 3.22. The predicted molar refractivity (Wildman–Crippen MR) is 43.7 cm³/mol. The van der Waals surface area contributed by atoms with E-state index in [0.717, 1.165) is 0 Å². The fourth-order valence-corrected chi connectivity index (χ4v) is 0.711. The zero-order valence-electron chi connectivity index (χ0n) is 7.06. The summed E-state index contributed by atoms with van der Waals surface area (Å²) in [6.07, 6.45) is 1.23. The number of hydrogen-bond donors (Lipinski definition) is 1. The third-order valence-electron chi connectivity index (χ3n) is 1.31. The molecule has 0 bridgehead atoms. The molecule has 0 unspecified atom stereocenters. The average molecular weight is 183 g/mol. The molecular weight excluding hydrogens is 174 g/mol. The maximum atomic E-state index is 10.4. The molecule has 1 heterocycles. The SMILES string of the molecule is COCOc1ccc(C(=O)O)cn1. The van der Waals surface area contributed by atoms with Gasteiger partial charge in [-0.05, 0) is 6.07 Å². The van der Waals surface area contributed by atoms with Crippen LogP contribution in [0.15, 0.2) is 18.3 Å². The van der Waals surface area contributed by atoms with Gasteiger partial charge in [0.15, 0.2) is 6.79 Å². The van der Waals surface area contributed by atoms with E-state index in [1.807, 2.05) is 0 Å². The first-order chi connectivity index (χ1) is 6.24. The fraction of sp³-hybridized carbons (Fsp3) is 0.250. The van der Waals surface area contributed by atoms with Crippen LogP contribution in [0, 0.1) is 0 Å². The number of nitrogens with zero attached hydrogens (tertiary/aromatic N) is 1. The Hall–Kier alpha value is -1.62. The van der Waals surface area contributed by atoms with Crippen LogP contribution in [-0.2, 0) is 4.74 Å². The van der Waals surface area contributed by atoms with Crippen LogP contribution in [0.4, 0.5) is 0 Å². The third-order valence-corrected chi connectivity index (χ3v) is 1.31. The summed E-state index contributed by atoms with van der Waals surface area (Å²) in [5, 5.41) is 8.55. The molecule has 0 saturated carbocycles. The van der Waals surface area contributed by atoms with Crippen LogP contribution in [0.5, 0.6) is 5.88 Å². The first-order valence-corrected chi connectivity index (χ1v) is 3.55. The summed E-state index contributed by atoms with van der Waals surface area (Å²) >= 11 is 0.